The molecule has 2 aromatic carbocycles. The van der Waals surface area contributed by atoms with Crippen LogP contribution < -0.4 is 9.62 Å². The van der Waals surface area contributed by atoms with Crippen LogP contribution in [-0.4, -0.2) is 39.0 Å². The Labute approximate surface area is 186 Å². The van der Waals surface area contributed by atoms with Crippen molar-refractivity contribution in [1.29, 1.82) is 0 Å². The number of benzene rings is 2. The Morgan fingerprint density at radius 3 is 2.68 bits per heavy atom. The summed E-state index contributed by atoms with van der Waals surface area (Å²) in [7, 11) is -3.91. The summed E-state index contributed by atoms with van der Waals surface area (Å²) in [6.45, 7) is 1.81. The van der Waals surface area contributed by atoms with Crippen LogP contribution in [-0.2, 0) is 26.0 Å². The number of amides is 1. The minimum Gasteiger partial charge on any atom is -0.449 e. The Hall–Kier alpha value is -2.58. The SMILES string of the molecule is CC(OC(=O)c1cc(S(=O)(=O)N2CCCc3ccccc32)ccc1Cl)C(=O)NC1CC1. The van der Waals surface area contributed by atoms with Gasteiger partial charge < -0.3 is 10.1 Å². The number of para-hydroxylation sites is 1. The van der Waals surface area contributed by atoms with Gasteiger partial charge in [0, 0.05) is 12.6 Å². The monoisotopic (exact) mass is 462 g/mol. The maximum Gasteiger partial charge on any atom is 0.340 e. The molecule has 0 aromatic heterocycles. The lowest BCUT2D eigenvalue weighted by Crippen LogP contribution is -2.37. The molecule has 1 amide bonds. The predicted molar refractivity (Wildman–Crippen MR) is 117 cm³/mol. The second-order valence-electron chi connectivity index (χ2n) is 7.78. The molecule has 0 saturated heterocycles. The fourth-order valence-corrected chi connectivity index (χ4v) is 5.28. The van der Waals surface area contributed by atoms with Crippen molar-refractivity contribution in [2.75, 3.05) is 10.8 Å². The number of nitrogens with zero attached hydrogens (tertiary/aromatic N) is 1. The third-order valence-corrected chi connectivity index (χ3v) is 7.53. The van der Waals surface area contributed by atoms with E-state index >= 15 is 0 Å². The van der Waals surface area contributed by atoms with Crippen LogP contribution in [0.3, 0.4) is 0 Å². The Balaban J connectivity index is 1.58. The maximum atomic E-state index is 13.4. The highest BCUT2D eigenvalue weighted by Crippen LogP contribution is 2.33. The van der Waals surface area contributed by atoms with E-state index in [9.17, 15) is 18.0 Å². The number of anilines is 1. The van der Waals surface area contributed by atoms with Crippen molar-refractivity contribution in [3.8, 4) is 0 Å². The molecule has 2 aliphatic rings. The lowest BCUT2D eigenvalue weighted by molar-refractivity contribution is -0.129. The molecular weight excluding hydrogens is 440 g/mol. The fourth-order valence-electron chi connectivity index (χ4n) is 3.52. The third kappa shape index (κ3) is 4.55. The third-order valence-electron chi connectivity index (χ3n) is 5.39. The van der Waals surface area contributed by atoms with Crippen LogP contribution in [0, 0.1) is 0 Å². The molecule has 4 rings (SSSR count). The summed E-state index contributed by atoms with van der Waals surface area (Å²) in [5, 5.41) is 2.81. The van der Waals surface area contributed by atoms with Crippen LogP contribution in [0.2, 0.25) is 5.02 Å². The normalized spacial score (nSPS) is 16.9. The van der Waals surface area contributed by atoms with E-state index in [1.807, 2.05) is 12.1 Å². The van der Waals surface area contributed by atoms with Gasteiger partial charge in [-0.3, -0.25) is 9.10 Å². The molecular formula is C22H23ClN2O5S. The second kappa shape index (κ2) is 8.51. The van der Waals surface area contributed by atoms with Crippen molar-refractivity contribution < 1.29 is 22.7 Å². The Kier molecular flexibility index (Phi) is 5.94. The van der Waals surface area contributed by atoms with Gasteiger partial charge in [-0.05, 0) is 62.4 Å². The number of aryl methyl sites for hydroxylation is 1. The van der Waals surface area contributed by atoms with Crippen molar-refractivity contribution in [2.45, 2.75) is 49.6 Å². The molecule has 1 saturated carbocycles. The number of hydrogen-bond donors (Lipinski definition) is 1. The summed E-state index contributed by atoms with van der Waals surface area (Å²) < 4.78 is 33.3. The maximum absolute atomic E-state index is 13.4. The Morgan fingerprint density at radius 2 is 1.94 bits per heavy atom. The number of hydrogen-bond acceptors (Lipinski definition) is 5. The molecule has 1 atom stereocenters. The lowest BCUT2D eigenvalue weighted by atomic mass is 10.0. The van der Waals surface area contributed by atoms with Gasteiger partial charge in [0.25, 0.3) is 15.9 Å². The molecule has 9 heteroatoms. The Bertz CT molecular complexity index is 1130. The summed E-state index contributed by atoms with van der Waals surface area (Å²) in [6.07, 6.45) is 2.32. The van der Waals surface area contributed by atoms with Crippen molar-refractivity contribution in [3.05, 3.63) is 58.6 Å². The molecule has 0 bridgehead atoms. The topological polar surface area (TPSA) is 92.8 Å². The van der Waals surface area contributed by atoms with Crippen LogP contribution in [0.5, 0.6) is 0 Å². The van der Waals surface area contributed by atoms with Gasteiger partial charge in [-0.25, -0.2) is 13.2 Å². The van der Waals surface area contributed by atoms with E-state index in [4.69, 9.17) is 16.3 Å². The van der Waals surface area contributed by atoms with E-state index in [0.29, 0.717) is 18.7 Å². The number of sulfonamides is 1. The molecule has 1 N–H and O–H groups in total. The van der Waals surface area contributed by atoms with Gasteiger partial charge in [-0.15, -0.1) is 0 Å². The number of esters is 1. The number of carbonyl (C=O) groups is 2. The zero-order valence-corrected chi connectivity index (χ0v) is 18.6. The highest BCUT2D eigenvalue weighted by molar-refractivity contribution is 7.92. The first-order chi connectivity index (χ1) is 14.8. The van der Waals surface area contributed by atoms with Crippen molar-refractivity contribution in [3.63, 3.8) is 0 Å². The van der Waals surface area contributed by atoms with Gasteiger partial charge in [0.2, 0.25) is 0 Å². The van der Waals surface area contributed by atoms with Gasteiger partial charge in [0.1, 0.15) is 0 Å². The van der Waals surface area contributed by atoms with Crippen LogP contribution in [0.1, 0.15) is 42.1 Å². The van der Waals surface area contributed by atoms with E-state index in [2.05, 4.69) is 5.32 Å². The average molecular weight is 463 g/mol. The molecule has 31 heavy (non-hydrogen) atoms. The van der Waals surface area contributed by atoms with Crippen molar-refractivity contribution in [1.82, 2.24) is 5.32 Å². The van der Waals surface area contributed by atoms with Gasteiger partial charge in [-0.2, -0.15) is 0 Å². The zero-order valence-electron chi connectivity index (χ0n) is 17.0. The zero-order chi connectivity index (χ0) is 22.2. The van der Waals surface area contributed by atoms with Gasteiger partial charge >= 0.3 is 5.97 Å². The first kappa shape index (κ1) is 21.6. The first-order valence-electron chi connectivity index (χ1n) is 10.2. The quantitative estimate of drug-likeness (QED) is 0.665. The molecule has 2 aromatic rings. The highest BCUT2D eigenvalue weighted by atomic mass is 35.5. The van der Waals surface area contributed by atoms with Gasteiger partial charge in [0.15, 0.2) is 6.10 Å². The fraction of sp³-hybridized carbons (Fsp3) is 0.364. The van der Waals surface area contributed by atoms with Crippen LogP contribution in [0.15, 0.2) is 47.4 Å². The summed E-state index contributed by atoms with van der Waals surface area (Å²) >= 11 is 6.16. The largest absolute Gasteiger partial charge is 0.449 e. The summed E-state index contributed by atoms with van der Waals surface area (Å²) in [4.78, 5) is 24.7. The highest BCUT2D eigenvalue weighted by Gasteiger charge is 2.31. The number of carbonyl (C=O) groups excluding carboxylic acids is 2. The molecule has 7 nitrogen and oxygen atoms in total. The van der Waals surface area contributed by atoms with Crippen LogP contribution >= 0.6 is 11.6 Å². The predicted octanol–water partition coefficient (Wildman–Crippen LogP) is 3.31. The molecule has 164 valence electrons. The van der Waals surface area contributed by atoms with Gasteiger partial charge in [0.05, 0.1) is 21.2 Å². The van der Waals surface area contributed by atoms with E-state index < -0.39 is 22.1 Å². The Morgan fingerprint density at radius 1 is 1.19 bits per heavy atom. The number of halogens is 1. The van der Waals surface area contributed by atoms with E-state index in [0.717, 1.165) is 24.8 Å². The molecule has 1 aliphatic carbocycles. The summed E-state index contributed by atoms with van der Waals surface area (Å²) in [5.41, 5.74) is 1.50. The number of fused-ring (bicyclic) bond motifs is 1. The average Bonchev–Trinajstić information content (AvgIpc) is 3.57. The van der Waals surface area contributed by atoms with Gasteiger partial charge in [-0.1, -0.05) is 29.8 Å². The molecule has 1 unspecified atom stereocenters. The summed E-state index contributed by atoms with van der Waals surface area (Å²) in [5.74, 6) is -1.24. The molecule has 0 radical (unpaired) electrons. The van der Waals surface area contributed by atoms with Crippen molar-refractivity contribution >= 4 is 39.2 Å². The minimum atomic E-state index is -3.91. The smallest absolute Gasteiger partial charge is 0.340 e. The van der Waals surface area contributed by atoms with Crippen LogP contribution in [0.4, 0.5) is 5.69 Å². The van der Waals surface area contributed by atoms with E-state index in [1.54, 1.807) is 12.1 Å². The summed E-state index contributed by atoms with van der Waals surface area (Å²) in [6, 6.07) is 11.4. The number of ether oxygens (including phenoxy) is 1. The molecule has 1 fully saturated rings. The first-order valence-corrected chi connectivity index (χ1v) is 12.0. The minimum absolute atomic E-state index is 0.0535. The van der Waals surface area contributed by atoms with E-state index in [1.165, 1.54) is 29.4 Å². The molecule has 0 spiro atoms. The lowest BCUT2D eigenvalue weighted by Gasteiger charge is -2.30. The molecule has 1 aliphatic heterocycles. The second-order valence-corrected chi connectivity index (χ2v) is 10.1. The number of rotatable bonds is 6. The van der Waals surface area contributed by atoms with Crippen LogP contribution in [0.25, 0.3) is 0 Å². The van der Waals surface area contributed by atoms with Crippen molar-refractivity contribution in [2.24, 2.45) is 0 Å². The van der Waals surface area contributed by atoms with E-state index in [-0.39, 0.29) is 27.4 Å². The number of nitrogens with one attached hydrogen (secondary N) is 1. The standard InChI is InChI=1S/C22H23ClN2O5S/c1-14(21(26)24-16-8-9-16)30-22(27)18-13-17(10-11-19(18)23)31(28,29)25-12-4-6-15-5-2-3-7-20(15)25/h2-3,5,7,10-11,13-14,16H,4,6,8-9,12H2,1H3,(H,24,26). The molecule has 1 heterocycles.